The first-order chi connectivity index (χ1) is 11.2. The molecular formula is C19H28FNO2. The second kappa shape index (κ2) is 7.73. The van der Waals surface area contributed by atoms with E-state index < -0.39 is 6.10 Å². The summed E-state index contributed by atoms with van der Waals surface area (Å²) in [4.78, 5) is 0. The summed E-state index contributed by atoms with van der Waals surface area (Å²) in [5, 5.41) is 14.0. The fourth-order valence-electron chi connectivity index (χ4n) is 4.22. The number of rotatable bonds is 5. The lowest BCUT2D eigenvalue weighted by Crippen LogP contribution is -2.36. The van der Waals surface area contributed by atoms with Crippen molar-refractivity contribution in [3.05, 3.63) is 35.6 Å². The molecule has 0 unspecified atom stereocenters. The average Bonchev–Trinajstić information content (AvgIpc) is 3.04. The Morgan fingerprint density at radius 1 is 1.17 bits per heavy atom. The van der Waals surface area contributed by atoms with Gasteiger partial charge in [0.1, 0.15) is 5.82 Å². The van der Waals surface area contributed by atoms with Crippen LogP contribution in [0.2, 0.25) is 0 Å². The van der Waals surface area contributed by atoms with Gasteiger partial charge in [-0.1, -0.05) is 18.2 Å². The molecule has 1 aromatic carbocycles. The van der Waals surface area contributed by atoms with Gasteiger partial charge in [-0.2, -0.15) is 0 Å². The molecule has 4 heteroatoms. The predicted octanol–water partition coefficient (Wildman–Crippen LogP) is 3.58. The Morgan fingerprint density at radius 2 is 1.91 bits per heavy atom. The van der Waals surface area contributed by atoms with Gasteiger partial charge in [-0.3, -0.25) is 0 Å². The largest absolute Gasteiger partial charge is 0.387 e. The maximum absolute atomic E-state index is 13.8. The molecule has 0 radical (unpaired) electrons. The monoisotopic (exact) mass is 321 g/mol. The molecule has 3 rings (SSSR count). The molecule has 3 nitrogen and oxygen atoms in total. The summed E-state index contributed by atoms with van der Waals surface area (Å²) >= 11 is 0. The fraction of sp³-hybridized carbons (Fsp3) is 0.684. The molecule has 1 aromatic rings. The molecule has 2 N–H and O–H groups in total. The number of methoxy groups -OCH3 is 1. The van der Waals surface area contributed by atoms with Gasteiger partial charge >= 0.3 is 0 Å². The fourth-order valence-corrected chi connectivity index (χ4v) is 4.22. The molecule has 2 aliphatic rings. The number of halogens is 1. The third-order valence-electron chi connectivity index (χ3n) is 5.63. The minimum atomic E-state index is -0.759. The summed E-state index contributed by atoms with van der Waals surface area (Å²) in [5.74, 6) is 0.436. The number of hydrogen-bond donors (Lipinski definition) is 2. The zero-order chi connectivity index (χ0) is 16.2. The Hall–Kier alpha value is -0.970. The van der Waals surface area contributed by atoms with Crippen molar-refractivity contribution in [2.75, 3.05) is 7.11 Å². The van der Waals surface area contributed by atoms with Crippen molar-refractivity contribution in [1.29, 1.82) is 0 Å². The van der Waals surface area contributed by atoms with Crippen LogP contribution in [0, 0.1) is 11.7 Å². The zero-order valence-electron chi connectivity index (χ0n) is 13.9. The highest BCUT2D eigenvalue weighted by atomic mass is 19.1. The zero-order valence-corrected chi connectivity index (χ0v) is 13.9. The molecule has 1 saturated carbocycles. The number of benzene rings is 1. The summed E-state index contributed by atoms with van der Waals surface area (Å²) in [6.45, 7) is 0. The van der Waals surface area contributed by atoms with E-state index in [0.29, 0.717) is 17.7 Å². The third-order valence-corrected chi connectivity index (χ3v) is 5.63. The van der Waals surface area contributed by atoms with Crippen LogP contribution in [0.1, 0.15) is 56.6 Å². The van der Waals surface area contributed by atoms with Gasteiger partial charge in [-0.15, -0.1) is 0 Å². The van der Waals surface area contributed by atoms with Crippen LogP contribution in [0.5, 0.6) is 0 Å². The lowest BCUT2D eigenvalue weighted by atomic mass is 9.83. The number of hydrogen-bond acceptors (Lipinski definition) is 3. The highest BCUT2D eigenvalue weighted by molar-refractivity contribution is 5.21. The summed E-state index contributed by atoms with van der Waals surface area (Å²) in [6.07, 6.45) is 7.62. The smallest absolute Gasteiger partial charge is 0.129 e. The van der Waals surface area contributed by atoms with Crippen molar-refractivity contribution in [1.82, 2.24) is 5.32 Å². The van der Waals surface area contributed by atoms with Crippen LogP contribution in [0.3, 0.4) is 0 Å². The van der Waals surface area contributed by atoms with E-state index in [1.165, 1.54) is 18.9 Å². The number of nitrogens with one attached hydrogen (secondary N) is 1. The van der Waals surface area contributed by atoms with E-state index in [-0.39, 0.29) is 11.9 Å². The van der Waals surface area contributed by atoms with E-state index >= 15 is 0 Å². The van der Waals surface area contributed by atoms with Crippen LogP contribution >= 0.6 is 0 Å². The van der Waals surface area contributed by atoms with Crippen molar-refractivity contribution in [2.24, 2.45) is 5.92 Å². The summed E-state index contributed by atoms with van der Waals surface area (Å²) in [7, 11) is 1.80. The first-order valence-corrected chi connectivity index (χ1v) is 8.88. The molecule has 0 bridgehead atoms. The number of aliphatic hydroxyl groups excluding tert-OH is 1. The maximum atomic E-state index is 13.8. The first kappa shape index (κ1) is 16.9. The highest BCUT2D eigenvalue weighted by Gasteiger charge is 2.33. The topological polar surface area (TPSA) is 41.5 Å². The SMILES string of the molecule is COC1CCC(C[C@H]2CC[C@H]([C@H](O)c3ccccc3F)N2)CC1. The maximum Gasteiger partial charge on any atom is 0.129 e. The lowest BCUT2D eigenvalue weighted by molar-refractivity contribution is 0.0538. The van der Waals surface area contributed by atoms with Crippen LogP contribution in [0.15, 0.2) is 24.3 Å². The van der Waals surface area contributed by atoms with E-state index in [9.17, 15) is 9.50 Å². The van der Waals surface area contributed by atoms with Gasteiger partial charge in [0.05, 0.1) is 12.2 Å². The molecule has 1 saturated heterocycles. The molecule has 23 heavy (non-hydrogen) atoms. The molecule has 1 aliphatic carbocycles. The molecule has 2 fully saturated rings. The molecule has 0 amide bonds. The van der Waals surface area contributed by atoms with E-state index in [2.05, 4.69) is 5.32 Å². The van der Waals surface area contributed by atoms with Crippen molar-refractivity contribution >= 4 is 0 Å². The molecule has 1 heterocycles. The third kappa shape index (κ3) is 4.11. The Balaban J connectivity index is 1.50. The van der Waals surface area contributed by atoms with Crippen LogP contribution < -0.4 is 5.32 Å². The molecule has 1 aliphatic heterocycles. The minimum Gasteiger partial charge on any atom is -0.387 e. The highest BCUT2D eigenvalue weighted by Crippen LogP contribution is 2.33. The van der Waals surface area contributed by atoms with E-state index in [1.807, 2.05) is 0 Å². The van der Waals surface area contributed by atoms with Crippen LogP contribution in [0.25, 0.3) is 0 Å². The summed E-state index contributed by atoms with van der Waals surface area (Å²) in [5.41, 5.74) is 0.409. The number of aliphatic hydroxyl groups is 1. The molecule has 0 spiro atoms. The molecule has 128 valence electrons. The van der Waals surface area contributed by atoms with Gasteiger partial charge in [-0.25, -0.2) is 4.39 Å². The van der Waals surface area contributed by atoms with E-state index in [4.69, 9.17) is 4.74 Å². The Morgan fingerprint density at radius 3 is 2.61 bits per heavy atom. The molecular weight excluding hydrogens is 293 g/mol. The van der Waals surface area contributed by atoms with Gasteiger partial charge in [0, 0.05) is 24.8 Å². The van der Waals surface area contributed by atoms with E-state index in [1.54, 1.807) is 25.3 Å². The molecule has 0 aromatic heterocycles. The second-order valence-corrected chi connectivity index (χ2v) is 7.13. The van der Waals surface area contributed by atoms with Gasteiger partial charge in [-0.05, 0) is 56.9 Å². The van der Waals surface area contributed by atoms with E-state index in [0.717, 1.165) is 38.0 Å². The van der Waals surface area contributed by atoms with Gasteiger partial charge in [0.25, 0.3) is 0 Å². The molecule has 3 atom stereocenters. The average molecular weight is 321 g/mol. The quantitative estimate of drug-likeness (QED) is 0.871. The Labute approximate surface area is 138 Å². The van der Waals surface area contributed by atoms with Gasteiger partial charge < -0.3 is 15.2 Å². The second-order valence-electron chi connectivity index (χ2n) is 7.13. The van der Waals surface area contributed by atoms with Crippen LogP contribution in [-0.4, -0.2) is 30.4 Å². The predicted molar refractivity (Wildman–Crippen MR) is 88.7 cm³/mol. The lowest BCUT2D eigenvalue weighted by Gasteiger charge is -2.29. The minimum absolute atomic E-state index is 0.0350. The Kier molecular flexibility index (Phi) is 5.67. The standard InChI is InChI=1S/C19H28FNO2/c1-23-15-9-6-13(7-10-15)12-14-8-11-18(21-14)19(22)16-4-2-3-5-17(16)20/h2-5,13-15,18-19,21-22H,6-12H2,1H3/t13?,14-,15?,18-,19-/m1/s1. The summed E-state index contributed by atoms with van der Waals surface area (Å²) in [6, 6.07) is 6.95. The normalized spacial score (nSPS) is 32.8. The van der Waals surface area contributed by atoms with Crippen molar-refractivity contribution in [2.45, 2.75) is 69.2 Å². The summed E-state index contributed by atoms with van der Waals surface area (Å²) < 4.78 is 19.3. The van der Waals surface area contributed by atoms with Crippen molar-refractivity contribution in [3.8, 4) is 0 Å². The van der Waals surface area contributed by atoms with Crippen LogP contribution in [-0.2, 0) is 4.74 Å². The Bertz CT molecular complexity index is 502. The van der Waals surface area contributed by atoms with Gasteiger partial charge in [0.15, 0.2) is 0 Å². The van der Waals surface area contributed by atoms with Crippen LogP contribution in [0.4, 0.5) is 4.39 Å². The van der Waals surface area contributed by atoms with Crippen molar-refractivity contribution < 1.29 is 14.2 Å². The first-order valence-electron chi connectivity index (χ1n) is 8.88. The number of ether oxygens (including phenoxy) is 1. The van der Waals surface area contributed by atoms with Crippen molar-refractivity contribution in [3.63, 3.8) is 0 Å². The van der Waals surface area contributed by atoms with Gasteiger partial charge in [0.2, 0.25) is 0 Å².